The van der Waals surface area contributed by atoms with Crippen molar-refractivity contribution >= 4 is 5.78 Å². The SMILES string of the molecule is CC1(C)CCCC1C(=O)c1cccc(F)c1F. The molecule has 1 nitrogen and oxygen atoms in total. The van der Waals surface area contributed by atoms with Gasteiger partial charge >= 0.3 is 0 Å². The van der Waals surface area contributed by atoms with Crippen LogP contribution in [0.5, 0.6) is 0 Å². The van der Waals surface area contributed by atoms with Gasteiger partial charge in [0.2, 0.25) is 0 Å². The van der Waals surface area contributed by atoms with E-state index in [0.717, 1.165) is 25.3 Å². The summed E-state index contributed by atoms with van der Waals surface area (Å²) in [6.07, 6.45) is 2.70. The third-order valence-corrected chi connectivity index (χ3v) is 3.79. The van der Waals surface area contributed by atoms with Crippen LogP contribution in [-0.4, -0.2) is 5.78 Å². The smallest absolute Gasteiger partial charge is 0.169 e. The lowest BCUT2D eigenvalue weighted by molar-refractivity contribution is 0.0833. The van der Waals surface area contributed by atoms with Gasteiger partial charge in [-0.15, -0.1) is 0 Å². The maximum absolute atomic E-state index is 13.6. The Morgan fingerprint density at radius 3 is 2.65 bits per heavy atom. The van der Waals surface area contributed by atoms with Gasteiger partial charge in [0.1, 0.15) is 0 Å². The number of carbonyl (C=O) groups is 1. The summed E-state index contributed by atoms with van der Waals surface area (Å²) < 4.78 is 26.7. The van der Waals surface area contributed by atoms with Gasteiger partial charge in [-0.25, -0.2) is 8.78 Å². The van der Waals surface area contributed by atoms with Gasteiger partial charge in [-0.3, -0.25) is 4.79 Å². The highest BCUT2D eigenvalue weighted by Gasteiger charge is 2.40. The fourth-order valence-corrected chi connectivity index (χ4v) is 2.69. The number of benzene rings is 1. The Bertz CT molecular complexity index is 452. The molecule has 92 valence electrons. The summed E-state index contributed by atoms with van der Waals surface area (Å²) in [5.74, 6) is -2.42. The minimum atomic E-state index is -1.01. The van der Waals surface area contributed by atoms with E-state index in [1.165, 1.54) is 12.1 Å². The molecule has 1 aliphatic rings. The first-order chi connectivity index (χ1) is 7.93. The highest BCUT2D eigenvalue weighted by atomic mass is 19.2. The Kier molecular flexibility index (Phi) is 3.02. The fourth-order valence-electron chi connectivity index (χ4n) is 2.69. The largest absolute Gasteiger partial charge is 0.294 e. The van der Waals surface area contributed by atoms with Crippen LogP contribution in [0.1, 0.15) is 43.5 Å². The zero-order chi connectivity index (χ0) is 12.6. The third-order valence-electron chi connectivity index (χ3n) is 3.79. The zero-order valence-corrected chi connectivity index (χ0v) is 10.1. The highest BCUT2D eigenvalue weighted by molar-refractivity contribution is 5.98. The summed E-state index contributed by atoms with van der Waals surface area (Å²) in [5, 5.41) is 0. The lowest BCUT2D eigenvalue weighted by Crippen LogP contribution is -2.26. The molecule has 0 aliphatic heterocycles. The zero-order valence-electron chi connectivity index (χ0n) is 10.1. The van der Waals surface area contributed by atoms with Crippen LogP contribution in [0.15, 0.2) is 18.2 Å². The van der Waals surface area contributed by atoms with Crippen LogP contribution in [0.4, 0.5) is 8.78 Å². The third kappa shape index (κ3) is 2.11. The molecule has 3 heteroatoms. The van der Waals surface area contributed by atoms with Crippen LogP contribution in [0.2, 0.25) is 0 Å². The maximum atomic E-state index is 13.6. The van der Waals surface area contributed by atoms with E-state index in [1.54, 1.807) is 0 Å². The van der Waals surface area contributed by atoms with E-state index in [-0.39, 0.29) is 22.7 Å². The molecule has 1 fully saturated rings. The Balaban J connectivity index is 2.35. The van der Waals surface area contributed by atoms with Gasteiger partial charge in [0.15, 0.2) is 17.4 Å². The van der Waals surface area contributed by atoms with Crippen molar-refractivity contribution in [3.63, 3.8) is 0 Å². The molecule has 1 atom stereocenters. The number of Topliss-reactive ketones (excluding diaryl/α,β-unsaturated/α-hetero) is 1. The molecule has 1 unspecified atom stereocenters. The molecule has 0 bridgehead atoms. The van der Waals surface area contributed by atoms with E-state index in [4.69, 9.17) is 0 Å². The van der Waals surface area contributed by atoms with Crippen LogP contribution in [0, 0.1) is 23.0 Å². The van der Waals surface area contributed by atoms with Crippen LogP contribution in [-0.2, 0) is 0 Å². The molecule has 1 aromatic carbocycles. The first kappa shape index (κ1) is 12.2. The number of hydrogen-bond acceptors (Lipinski definition) is 1. The second kappa shape index (κ2) is 4.21. The van der Waals surface area contributed by atoms with Crippen LogP contribution >= 0.6 is 0 Å². The molecule has 0 N–H and O–H groups in total. The van der Waals surface area contributed by atoms with E-state index in [1.807, 2.05) is 13.8 Å². The molecule has 17 heavy (non-hydrogen) atoms. The molecule has 0 amide bonds. The Hall–Kier alpha value is -1.25. The molecule has 0 spiro atoms. The molecule has 0 heterocycles. The van der Waals surface area contributed by atoms with Crippen molar-refractivity contribution in [3.8, 4) is 0 Å². The molecular formula is C14H16F2O. The van der Waals surface area contributed by atoms with E-state index in [0.29, 0.717) is 0 Å². The minimum absolute atomic E-state index is 0.107. The number of ketones is 1. The molecule has 1 aliphatic carbocycles. The number of rotatable bonds is 2. The van der Waals surface area contributed by atoms with Gasteiger partial charge in [0.25, 0.3) is 0 Å². The quantitative estimate of drug-likeness (QED) is 0.712. The standard InChI is InChI=1S/C14H16F2O/c1-14(2)8-4-6-10(14)13(17)9-5-3-7-11(15)12(9)16/h3,5,7,10H,4,6,8H2,1-2H3. The maximum Gasteiger partial charge on any atom is 0.169 e. The summed E-state index contributed by atoms with van der Waals surface area (Å²) in [7, 11) is 0. The van der Waals surface area contributed by atoms with Crippen LogP contribution in [0.25, 0.3) is 0 Å². The summed E-state index contributed by atoms with van der Waals surface area (Å²) in [4.78, 5) is 12.2. The second-order valence-electron chi connectivity index (χ2n) is 5.40. The lowest BCUT2D eigenvalue weighted by Gasteiger charge is -2.25. The van der Waals surface area contributed by atoms with Crippen LogP contribution in [0.3, 0.4) is 0 Å². The number of halogens is 2. The van der Waals surface area contributed by atoms with Gasteiger partial charge in [0.05, 0.1) is 5.56 Å². The lowest BCUT2D eigenvalue weighted by atomic mass is 9.77. The van der Waals surface area contributed by atoms with Crippen LogP contribution < -0.4 is 0 Å². The first-order valence-electron chi connectivity index (χ1n) is 5.92. The summed E-state index contributed by atoms with van der Waals surface area (Å²) in [6, 6.07) is 3.79. The predicted molar refractivity (Wildman–Crippen MR) is 61.8 cm³/mol. The van der Waals surface area contributed by atoms with Crippen molar-refractivity contribution in [2.45, 2.75) is 33.1 Å². The molecule has 0 saturated heterocycles. The van der Waals surface area contributed by atoms with Gasteiger partial charge in [-0.2, -0.15) is 0 Å². The predicted octanol–water partition coefficient (Wildman–Crippen LogP) is 3.97. The molecular weight excluding hydrogens is 222 g/mol. The summed E-state index contributed by atoms with van der Waals surface area (Å²) >= 11 is 0. The summed E-state index contributed by atoms with van der Waals surface area (Å²) in [5.41, 5.74) is -0.222. The minimum Gasteiger partial charge on any atom is -0.294 e. The molecule has 0 radical (unpaired) electrons. The average Bonchev–Trinajstić information content (AvgIpc) is 2.61. The second-order valence-corrected chi connectivity index (χ2v) is 5.40. The highest BCUT2D eigenvalue weighted by Crippen LogP contribution is 2.44. The first-order valence-corrected chi connectivity index (χ1v) is 5.92. The topological polar surface area (TPSA) is 17.1 Å². The Morgan fingerprint density at radius 2 is 2.06 bits per heavy atom. The van der Waals surface area contributed by atoms with Crippen molar-refractivity contribution in [2.75, 3.05) is 0 Å². The van der Waals surface area contributed by atoms with Crippen molar-refractivity contribution in [3.05, 3.63) is 35.4 Å². The Labute approximate surface area is 99.8 Å². The number of hydrogen-bond donors (Lipinski definition) is 0. The molecule has 0 aromatic heterocycles. The average molecular weight is 238 g/mol. The molecule has 1 aromatic rings. The summed E-state index contributed by atoms with van der Waals surface area (Å²) in [6.45, 7) is 4.03. The van der Waals surface area contributed by atoms with E-state index in [2.05, 4.69) is 0 Å². The normalized spacial score (nSPS) is 22.7. The molecule has 2 rings (SSSR count). The van der Waals surface area contributed by atoms with E-state index >= 15 is 0 Å². The van der Waals surface area contributed by atoms with Crippen molar-refractivity contribution in [1.29, 1.82) is 0 Å². The van der Waals surface area contributed by atoms with E-state index in [9.17, 15) is 13.6 Å². The van der Waals surface area contributed by atoms with Gasteiger partial charge in [0, 0.05) is 5.92 Å². The monoisotopic (exact) mass is 238 g/mol. The Morgan fingerprint density at radius 1 is 1.35 bits per heavy atom. The van der Waals surface area contributed by atoms with Gasteiger partial charge in [-0.05, 0) is 30.4 Å². The fraction of sp³-hybridized carbons (Fsp3) is 0.500. The molecule has 1 saturated carbocycles. The van der Waals surface area contributed by atoms with Gasteiger partial charge < -0.3 is 0 Å². The van der Waals surface area contributed by atoms with Crippen molar-refractivity contribution in [2.24, 2.45) is 11.3 Å². The van der Waals surface area contributed by atoms with Gasteiger partial charge in [-0.1, -0.05) is 26.3 Å². The van der Waals surface area contributed by atoms with Crippen molar-refractivity contribution < 1.29 is 13.6 Å². The van der Waals surface area contributed by atoms with E-state index < -0.39 is 11.6 Å². The van der Waals surface area contributed by atoms with Crippen molar-refractivity contribution in [1.82, 2.24) is 0 Å². The number of carbonyl (C=O) groups excluding carboxylic acids is 1.